The number of carbonyl (C=O) groups excluding carboxylic acids is 1. The van der Waals surface area contributed by atoms with Crippen LogP contribution in [0.3, 0.4) is 0 Å². The predicted octanol–water partition coefficient (Wildman–Crippen LogP) is 3.37. The summed E-state index contributed by atoms with van der Waals surface area (Å²) in [5.41, 5.74) is 0.748. The third kappa shape index (κ3) is 4.09. The van der Waals surface area contributed by atoms with Gasteiger partial charge in [0, 0.05) is 10.2 Å². The van der Waals surface area contributed by atoms with Crippen LogP contribution in [0, 0.1) is 6.92 Å². The van der Waals surface area contributed by atoms with E-state index in [9.17, 15) is 9.59 Å². The van der Waals surface area contributed by atoms with Gasteiger partial charge in [-0.1, -0.05) is 15.9 Å². The first-order valence-corrected chi connectivity index (χ1v) is 6.88. The van der Waals surface area contributed by atoms with E-state index >= 15 is 0 Å². The summed E-state index contributed by atoms with van der Waals surface area (Å²) in [5, 5.41) is 14.2. The maximum Gasteiger partial charge on any atom is 0.339 e. The summed E-state index contributed by atoms with van der Waals surface area (Å²) >= 11 is 3.31. The van der Waals surface area contributed by atoms with Crippen LogP contribution in [0.1, 0.15) is 21.9 Å². The monoisotopic (exact) mass is 352 g/mol. The van der Waals surface area contributed by atoms with Gasteiger partial charge in [0.2, 0.25) is 0 Å². The molecule has 0 bridgehead atoms. The summed E-state index contributed by atoms with van der Waals surface area (Å²) in [6.07, 6.45) is 0. The second-order valence-corrected chi connectivity index (χ2v) is 5.22. The van der Waals surface area contributed by atoms with Gasteiger partial charge in [-0.15, -0.1) is 0 Å². The fraction of sp³-hybridized carbons (Fsp3) is 0.143. The molecule has 3 N–H and O–H groups in total. The SMILES string of the molecule is Cc1oc(CNC(=O)Nc2ccc(Br)cc2)cc1C(=O)O. The van der Waals surface area contributed by atoms with Gasteiger partial charge in [-0.3, -0.25) is 0 Å². The van der Waals surface area contributed by atoms with E-state index in [0.717, 1.165) is 4.47 Å². The number of hydrogen-bond acceptors (Lipinski definition) is 3. The van der Waals surface area contributed by atoms with Gasteiger partial charge in [0.05, 0.1) is 6.54 Å². The third-order valence-electron chi connectivity index (χ3n) is 2.72. The van der Waals surface area contributed by atoms with Crippen molar-refractivity contribution in [2.45, 2.75) is 13.5 Å². The molecule has 1 aromatic heterocycles. The Morgan fingerprint density at radius 2 is 1.95 bits per heavy atom. The lowest BCUT2D eigenvalue weighted by Gasteiger charge is -2.06. The average molecular weight is 353 g/mol. The maximum absolute atomic E-state index is 11.7. The van der Waals surface area contributed by atoms with Crippen LogP contribution in [0.25, 0.3) is 0 Å². The van der Waals surface area contributed by atoms with Crippen molar-refractivity contribution < 1.29 is 19.1 Å². The summed E-state index contributed by atoms with van der Waals surface area (Å²) in [7, 11) is 0. The summed E-state index contributed by atoms with van der Waals surface area (Å²) in [5.74, 6) is -0.356. The number of hydrogen-bond donors (Lipinski definition) is 3. The summed E-state index contributed by atoms with van der Waals surface area (Å²) < 4.78 is 6.18. The molecule has 0 saturated heterocycles. The Bertz CT molecular complexity index is 664. The minimum absolute atomic E-state index is 0.0973. The van der Waals surface area contributed by atoms with Crippen molar-refractivity contribution in [3.05, 3.63) is 51.9 Å². The smallest absolute Gasteiger partial charge is 0.339 e. The van der Waals surface area contributed by atoms with E-state index in [0.29, 0.717) is 17.2 Å². The zero-order valence-corrected chi connectivity index (χ0v) is 12.7. The number of carbonyl (C=O) groups is 2. The molecule has 0 aliphatic rings. The number of carboxylic acid groups (broad SMARTS) is 1. The molecule has 2 amide bonds. The number of aromatic carboxylic acids is 1. The highest BCUT2D eigenvalue weighted by Crippen LogP contribution is 2.15. The largest absolute Gasteiger partial charge is 0.478 e. The lowest BCUT2D eigenvalue weighted by atomic mass is 10.2. The fourth-order valence-corrected chi connectivity index (χ4v) is 1.98. The zero-order valence-electron chi connectivity index (χ0n) is 11.1. The van der Waals surface area contributed by atoms with E-state index in [-0.39, 0.29) is 12.1 Å². The molecule has 0 radical (unpaired) electrons. The first kappa shape index (κ1) is 15.1. The van der Waals surface area contributed by atoms with Crippen molar-refractivity contribution in [1.29, 1.82) is 0 Å². The van der Waals surface area contributed by atoms with Crippen LogP contribution in [0.15, 0.2) is 39.2 Å². The lowest BCUT2D eigenvalue weighted by Crippen LogP contribution is -2.27. The van der Waals surface area contributed by atoms with Crippen LogP contribution < -0.4 is 10.6 Å². The van der Waals surface area contributed by atoms with Crippen LogP contribution >= 0.6 is 15.9 Å². The minimum Gasteiger partial charge on any atom is -0.478 e. The predicted molar refractivity (Wildman–Crippen MR) is 80.4 cm³/mol. The minimum atomic E-state index is -1.05. The molecule has 1 aromatic carbocycles. The van der Waals surface area contributed by atoms with Gasteiger partial charge in [-0.25, -0.2) is 9.59 Å². The van der Waals surface area contributed by atoms with Gasteiger partial charge < -0.3 is 20.2 Å². The lowest BCUT2D eigenvalue weighted by molar-refractivity contribution is 0.0695. The van der Waals surface area contributed by atoms with Crippen molar-refractivity contribution in [3.8, 4) is 0 Å². The second kappa shape index (κ2) is 6.45. The van der Waals surface area contributed by atoms with Crippen LogP contribution in [-0.4, -0.2) is 17.1 Å². The number of aryl methyl sites for hydroxylation is 1. The van der Waals surface area contributed by atoms with E-state index in [4.69, 9.17) is 9.52 Å². The highest BCUT2D eigenvalue weighted by molar-refractivity contribution is 9.10. The van der Waals surface area contributed by atoms with E-state index in [1.165, 1.54) is 6.07 Å². The molecule has 0 saturated carbocycles. The highest BCUT2D eigenvalue weighted by atomic mass is 79.9. The third-order valence-corrected chi connectivity index (χ3v) is 3.25. The van der Waals surface area contributed by atoms with Crippen molar-refractivity contribution in [2.24, 2.45) is 0 Å². The Labute approximate surface area is 129 Å². The number of anilines is 1. The van der Waals surface area contributed by atoms with Gasteiger partial charge in [-0.05, 0) is 37.3 Å². The quantitative estimate of drug-likeness (QED) is 0.786. The molecule has 21 heavy (non-hydrogen) atoms. The first-order chi connectivity index (χ1) is 9.95. The van der Waals surface area contributed by atoms with E-state index in [1.807, 2.05) is 12.1 Å². The Kier molecular flexibility index (Phi) is 4.64. The van der Waals surface area contributed by atoms with Crippen LogP contribution in [0.2, 0.25) is 0 Å². The van der Waals surface area contributed by atoms with E-state index in [2.05, 4.69) is 26.6 Å². The number of amides is 2. The number of benzene rings is 1. The Morgan fingerprint density at radius 1 is 1.29 bits per heavy atom. The van der Waals surface area contributed by atoms with Crippen molar-refractivity contribution in [2.75, 3.05) is 5.32 Å². The Morgan fingerprint density at radius 3 is 2.52 bits per heavy atom. The highest BCUT2D eigenvalue weighted by Gasteiger charge is 2.14. The molecular weight excluding hydrogens is 340 g/mol. The summed E-state index contributed by atoms with van der Waals surface area (Å²) in [4.78, 5) is 22.6. The van der Waals surface area contributed by atoms with Gasteiger partial charge in [0.25, 0.3) is 0 Å². The molecular formula is C14H13BrN2O4. The molecule has 2 rings (SSSR count). The Balaban J connectivity index is 1.90. The zero-order chi connectivity index (χ0) is 15.4. The van der Waals surface area contributed by atoms with Gasteiger partial charge in [0.15, 0.2) is 0 Å². The summed E-state index contributed by atoms with van der Waals surface area (Å²) in [6, 6.07) is 8.13. The van der Waals surface area contributed by atoms with Crippen LogP contribution in [0.4, 0.5) is 10.5 Å². The number of carboxylic acids is 1. The number of nitrogens with one attached hydrogen (secondary N) is 2. The Hall–Kier alpha value is -2.28. The van der Waals surface area contributed by atoms with Gasteiger partial charge in [0.1, 0.15) is 17.1 Å². The number of rotatable bonds is 4. The van der Waals surface area contributed by atoms with Gasteiger partial charge in [-0.2, -0.15) is 0 Å². The molecule has 2 aromatic rings. The van der Waals surface area contributed by atoms with Crippen molar-refractivity contribution >= 4 is 33.6 Å². The molecule has 0 spiro atoms. The van der Waals surface area contributed by atoms with E-state index < -0.39 is 12.0 Å². The molecule has 0 atom stereocenters. The molecule has 6 nitrogen and oxygen atoms in total. The number of halogens is 1. The standard InChI is InChI=1S/C14H13BrN2O4/c1-8-12(13(18)19)6-11(21-8)7-16-14(20)17-10-4-2-9(15)3-5-10/h2-6H,7H2,1H3,(H,18,19)(H2,16,17,20). The van der Waals surface area contributed by atoms with Crippen LogP contribution in [-0.2, 0) is 6.54 Å². The molecule has 7 heteroatoms. The molecule has 0 aliphatic carbocycles. The second-order valence-electron chi connectivity index (χ2n) is 4.30. The molecule has 0 fully saturated rings. The van der Waals surface area contributed by atoms with Crippen LogP contribution in [0.5, 0.6) is 0 Å². The molecule has 0 aliphatic heterocycles. The molecule has 110 valence electrons. The maximum atomic E-state index is 11.7. The average Bonchev–Trinajstić information content (AvgIpc) is 2.81. The normalized spacial score (nSPS) is 10.2. The molecule has 0 unspecified atom stereocenters. The summed E-state index contributed by atoms with van der Waals surface area (Å²) in [6.45, 7) is 1.67. The van der Waals surface area contributed by atoms with Crippen molar-refractivity contribution in [3.63, 3.8) is 0 Å². The first-order valence-electron chi connectivity index (χ1n) is 6.08. The van der Waals surface area contributed by atoms with Crippen molar-refractivity contribution in [1.82, 2.24) is 5.32 Å². The molecule has 1 heterocycles. The van der Waals surface area contributed by atoms with E-state index in [1.54, 1.807) is 19.1 Å². The number of furan rings is 1. The van der Waals surface area contributed by atoms with Gasteiger partial charge >= 0.3 is 12.0 Å². The number of urea groups is 1. The topological polar surface area (TPSA) is 91.6 Å². The fourth-order valence-electron chi connectivity index (χ4n) is 1.72.